The van der Waals surface area contributed by atoms with Crippen molar-refractivity contribution in [1.29, 1.82) is 0 Å². The Morgan fingerprint density at radius 3 is 2.88 bits per heavy atom. The summed E-state index contributed by atoms with van der Waals surface area (Å²) in [5.41, 5.74) is 3.75. The fourth-order valence-electron chi connectivity index (χ4n) is 4.27. The van der Waals surface area contributed by atoms with E-state index in [0.717, 1.165) is 41.0 Å². The molecule has 3 aromatic rings. The van der Waals surface area contributed by atoms with E-state index >= 15 is 0 Å². The van der Waals surface area contributed by atoms with E-state index < -0.39 is 0 Å². The summed E-state index contributed by atoms with van der Waals surface area (Å²) in [5.74, 6) is 0. The second-order valence-electron chi connectivity index (χ2n) is 7.21. The Labute approximate surface area is 158 Å². The highest BCUT2D eigenvalue weighted by molar-refractivity contribution is 6.32. The lowest BCUT2D eigenvalue weighted by molar-refractivity contribution is -0.932. The molecule has 0 saturated carbocycles. The highest BCUT2D eigenvalue weighted by Crippen LogP contribution is 2.27. The molecule has 4 rings (SSSR count). The van der Waals surface area contributed by atoms with E-state index in [1.54, 1.807) is 6.07 Å². The Morgan fingerprint density at radius 2 is 2.15 bits per heavy atom. The maximum atomic E-state index is 12.1. The third kappa shape index (κ3) is 3.08. The fourth-order valence-corrected chi connectivity index (χ4v) is 4.56. The van der Waals surface area contributed by atoms with Crippen molar-refractivity contribution in [2.75, 3.05) is 6.54 Å². The minimum atomic E-state index is -0.286. The van der Waals surface area contributed by atoms with Crippen molar-refractivity contribution in [3.8, 4) is 0 Å². The second kappa shape index (κ2) is 6.93. The average Bonchev–Trinajstić information content (AvgIpc) is 3.23. The van der Waals surface area contributed by atoms with Crippen LogP contribution in [0.5, 0.6) is 0 Å². The molecule has 2 aromatic heterocycles. The zero-order valence-corrected chi connectivity index (χ0v) is 16.0. The van der Waals surface area contributed by atoms with E-state index in [-0.39, 0.29) is 5.63 Å². The van der Waals surface area contributed by atoms with Crippen molar-refractivity contribution in [1.82, 2.24) is 4.57 Å². The van der Waals surface area contributed by atoms with Crippen LogP contribution in [0.25, 0.3) is 11.0 Å². The van der Waals surface area contributed by atoms with Gasteiger partial charge in [0, 0.05) is 48.1 Å². The number of hydrogen-bond acceptors (Lipinski definition) is 2. The number of nitrogens with zero attached hydrogens (tertiary/aromatic N) is 1. The van der Waals surface area contributed by atoms with E-state index in [0.29, 0.717) is 11.6 Å². The standard InChI is InChI=1S/C21H23ClN2O2/c1-3-14-10-20-16(12-17(14)22)15(11-21(25)26-20)13-24-9-5-7-19(24)18-6-4-8-23(18)2/h4,6,8,10-12,19H,3,5,7,9,13H2,1-2H3/p+1/t19-/m1/s1. The van der Waals surface area contributed by atoms with Crippen LogP contribution in [0.1, 0.15) is 42.6 Å². The molecular formula is C21H24ClN2O2+. The maximum absolute atomic E-state index is 12.1. The monoisotopic (exact) mass is 371 g/mol. The summed E-state index contributed by atoms with van der Waals surface area (Å²) in [4.78, 5) is 13.6. The summed E-state index contributed by atoms with van der Waals surface area (Å²) in [5, 5.41) is 1.70. The zero-order valence-electron chi connectivity index (χ0n) is 15.2. The third-order valence-corrected chi connectivity index (χ3v) is 5.97. The molecule has 0 amide bonds. The van der Waals surface area contributed by atoms with E-state index in [1.165, 1.54) is 23.4 Å². The smallest absolute Gasteiger partial charge is 0.336 e. The van der Waals surface area contributed by atoms with Crippen molar-refractivity contribution < 1.29 is 9.32 Å². The largest absolute Gasteiger partial charge is 0.423 e. The van der Waals surface area contributed by atoms with Crippen LogP contribution in [0, 0.1) is 0 Å². The van der Waals surface area contributed by atoms with Gasteiger partial charge in [0.1, 0.15) is 18.2 Å². The maximum Gasteiger partial charge on any atom is 0.336 e. The van der Waals surface area contributed by atoms with E-state index in [2.05, 4.69) is 29.9 Å². The Morgan fingerprint density at radius 1 is 1.31 bits per heavy atom. The van der Waals surface area contributed by atoms with Crippen LogP contribution >= 0.6 is 11.6 Å². The van der Waals surface area contributed by atoms with Gasteiger partial charge in [-0.25, -0.2) is 4.79 Å². The number of rotatable bonds is 4. The lowest BCUT2D eigenvalue weighted by atomic mass is 10.0. The van der Waals surface area contributed by atoms with Crippen LogP contribution in [0.2, 0.25) is 5.02 Å². The number of benzene rings is 1. The highest BCUT2D eigenvalue weighted by Gasteiger charge is 2.32. The van der Waals surface area contributed by atoms with E-state index in [1.807, 2.05) is 19.1 Å². The third-order valence-electron chi connectivity index (χ3n) is 5.62. The first kappa shape index (κ1) is 17.4. The first-order valence-corrected chi connectivity index (χ1v) is 9.65. The Balaban J connectivity index is 1.73. The quantitative estimate of drug-likeness (QED) is 0.715. The number of fused-ring (bicyclic) bond motifs is 1. The first-order chi connectivity index (χ1) is 12.6. The molecular weight excluding hydrogens is 348 g/mol. The number of likely N-dealkylation sites (tertiary alicyclic amines) is 1. The molecule has 2 atom stereocenters. The Bertz CT molecular complexity index is 1000. The minimum absolute atomic E-state index is 0.286. The predicted molar refractivity (Wildman–Crippen MR) is 104 cm³/mol. The van der Waals surface area contributed by atoms with Crippen molar-refractivity contribution in [3.05, 3.63) is 68.8 Å². The second-order valence-corrected chi connectivity index (χ2v) is 7.62. The lowest BCUT2D eigenvalue weighted by Crippen LogP contribution is -3.09. The number of halogens is 1. The molecule has 1 N–H and O–H groups in total. The molecule has 3 heterocycles. The summed E-state index contributed by atoms with van der Waals surface area (Å²) >= 11 is 6.43. The van der Waals surface area contributed by atoms with Crippen LogP contribution in [-0.2, 0) is 20.0 Å². The van der Waals surface area contributed by atoms with Crippen LogP contribution in [0.15, 0.2) is 45.7 Å². The van der Waals surface area contributed by atoms with Gasteiger partial charge in [-0.3, -0.25) is 0 Å². The molecule has 0 spiro atoms. The van der Waals surface area contributed by atoms with Gasteiger partial charge in [-0.05, 0) is 36.2 Å². The van der Waals surface area contributed by atoms with Crippen LogP contribution in [0.4, 0.5) is 0 Å². The van der Waals surface area contributed by atoms with Gasteiger partial charge in [-0.2, -0.15) is 0 Å². The molecule has 5 heteroatoms. The normalized spacial score (nSPS) is 20.1. The molecule has 1 aromatic carbocycles. The van der Waals surface area contributed by atoms with Gasteiger partial charge in [-0.15, -0.1) is 0 Å². The summed E-state index contributed by atoms with van der Waals surface area (Å²) < 4.78 is 7.66. The van der Waals surface area contributed by atoms with Gasteiger partial charge in [0.25, 0.3) is 0 Å². The fraction of sp³-hybridized carbons (Fsp3) is 0.381. The summed E-state index contributed by atoms with van der Waals surface area (Å²) in [6.45, 7) is 3.96. The van der Waals surface area contributed by atoms with Gasteiger partial charge in [0.05, 0.1) is 12.2 Å². The molecule has 26 heavy (non-hydrogen) atoms. The Hall–Kier alpha value is -2.04. The molecule has 0 aliphatic carbocycles. The molecule has 136 valence electrons. The van der Waals surface area contributed by atoms with Gasteiger partial charge < -0.3 is 13.9 Å². The summed E-state index contributed by atoms with van der Waals surface area (Å²) in [6, 6.07) is 10.3. The van der Waals surface area contributed by atoms with Crippen molar-refractivity contribution in [2.24, 2.45) is 7.05 Å². The topological polar surface area (TPSA) is 39.6 Å². The lowest BCUT2D eigenvalue weighted by Gasteiger charge is -2.22. The Kier molecular flexibility index (Phi) is 4.63. The summed E-state index contributed by atoms with van der Waals surface area (Å²) in [6.07, 6.45) is 5.29. The van der Waals surface area contributed by atoms with Gasteiger partial charge in [-0.1, -0.05) is 18.5 Å². The number of nitrogens with one attached hydrogen (secondary N) is 1. The molecule has 1 aliphatic heterocycles. The van der Waals surface area contributed by atoms with Crippen LogP contribution in [0.3, 0.4) is 0 Å². The number of aryl methyl sites for hydroxylation is 2. The molecule has 4 nitrogen and oxygen atoms in total. The minimum Gasteiger partial charge on any atom is -0.423 e. The average molecular weight is 372 g/mol. The van der Waals surface area contributed by atoms with Gasteiger partial charge >= 0.3 is 5.63 Å². The van der Waals surface area contributed by atoms with Crippen LogP contribution < -0.4 is 10.5 Å². The van der Waals surface area contributed by atoms with Crippen molar-refractivity contribution in [2.45, 2.75) is 38.8 Å². The summed E-state index contributed by atoms with van der Waals surface area (Å²) in [7, 11) is 2.10. The molecule has 1 aliphatic rings. The SMILES string of the molecule is CCc1cc2oc(=O)cc(C[NH+]3CCC[C@@H]3c3cccn3C)c2cc1Cl. The molecule has 0 bridgehead atoms. The molecule has 0 radical (unpaired) electrons. The van der Waals surface area contributed by atoms with Gasteiger partial charge in [0.2, 0.25) is 0 Å². The number of hydrogen-bond donors (Lipinski definition) is 1. The van der Waals surface area contributed by atoms with Crippen LogP contribution in [-0.4, -0.2) is 11.1 Å². The number of quaternary nitrogens is 1. The number of aromatic nitrogens is 1. The van der Waals surface area contributed by atoms with E-state index in [9.17, 15) is 4.79 Å². The zero-order chi connectivity index (χ0) is 18.3. The first-order valence-electron chi connectivity index (χ1n) is 9.27. The van der Waals surface area contributed by atoms with Crippen molar-refractivity contribution >= 4 is 22.6 Å². The van der Waals surface area contributed by atoms with Crippen molar-refractivity contribution in [3.63, 3.8) is 0 Å². The molecule has 1 fully saturated rings. The molecule has 1 saturated heterocycles. The van der Waals surface area contributed by atoms with Gasteiger partial charge in [0.15, 0.2) is 0 Å². The predicted octanol–water partition coefficient (Wildman–Crippen LogP) is 3.27. The van der Waals surface area contributed by atoms with E-state index in [4.69, 9.17) is 16.0 Å². The highest BCUT2D eigenvalue weighted by atomic mass is 35.5. The molecule has 1 unspecified atom stereocenters.